The van der Waals surface area contributed by atoms with Crippen molar-refractivity contribution in [2.45, 2.75) is 49.1 Å². The van der Waals surface area contributed by atoms with Crippen LogP contribution in [0.2, 0.25) is 0 Å². The number of anilines is 1. The molecule has 0 saturated carbocycles. The molecule has 5 rings (SSSR count). The molecule has 21 nitrogen and oxygen atoms in total. The van der Waals surface area contributed by atoms with Crippen molar-refractivity contribution >= 4 is 38.5 Å². The third-order valence-electron chi connectivity index (χ3n) is 6.74. The molecule has 23 heteroatoms. The van der Waals surface area contributed by atoms with Gasteiger partial charge >= 0.3 is 7.82 Å². The summed E-state index contributed by atoms with van der Waals surface area (Å²) in [5, 5.41) is 41.6. The fourth-order valence-electron chi connectivity index (χ4n) is 4.57. The first-order chi connectivity index (χ1) is 20.7. The van der Waals surface area contributed by atoms with Crippen LogP contribution in [-0.2, 0) is 32.0 Å². The Hall–Kier alpha value is -3.01. The number of aromatic nitrogens is 5. The molecule has 9 N–H and O–H groups in total. The van der Waals surface area contributed by atoms with Gasteiger partial charge in [-0.3, -0.25) is 18.5 Å². The number of primary amides is 1. The minimum absolute atomic E-state index is 0.0446. The van der Waals surface area contributed by atoms with E-state index in [4.69, 9.17) is 20.9 Å². The van der Waals surface area contributed by atoms with Gasteiger partial charge in [-0.05, 0) is 6.07 Å². The van der Waals surface area contributed by atoms with Crippen molar-refractivity contribution in [2.24, 2.45) is 5.73 Å². The van der Waals surface area contributed by atoms with Gasteiger partial charge in [-0.15, -0.1) is 0 Å². The van der Waals surface area contributed by atoms with Gasteiger partial charge in [0.2, 0.25) is 0 Å². The van der Waals surface area contributed by atoms with Crippen LogP contribution >= 0.6 is 15.6 Å². The van der Waals surface area contributed by atoms with Gasteiger partial charge in [-0.2, -0.15) is 4.57 Å². The summed E-state index contributed by atoms with van der Waals surface area (Å²) in [6, 6.07) is 2.82. The van der Waals surface area contributed by atoms with Crippen molar-refractivity contribution in [2.75, 3.05) is 18.9 Å². The minimum Gasteiger partial charge on any atom is -0.756 e. The molecule has 2 fully saturated rings. The maximum absolute atomic E-state index is 12.4. The van der Waals surface area contributed by atoms with Gasteiger partial charge in [0.25, 0.3) is 20.0 Å². The standard InChI is InChI=1S/C21H27N7O14P2/c22-17-12-19(25-7-24-17)28(8-26-12)21-16(32)14(30)11(41-21)6-39-44(36,37)42-43(34,35)38-5-10-13(29)15(31)20(40-10)27-3-1-2-9(4-27)18(23)33/h1-4,7-8,10-11,13-16,20-21,29-32H,5-6H2,(H5-,22,23,24,25,33,34,35,36,37)/t10-,11+,13?,14?,15?,16?,20-,21+/m1/s1. The average molecular weight is 663 g/mol. The Morgan fingerprint density at radius 3 is 2.45 bits per heavy atom. The van der Waals surface area contributed by atoms with Crippen LogP contribution in [0.1, 0.15) is 22.8 Å². The molecule has 6 unspecified atom stereocenters. The Morgan fingerprint density at radius 2 is 1.73 bits per heavy atom. The van der Waals surface area contributed by atoms with Crippen LogP contribution in [0.3, 0.4) is 0 Å². The second kappa shape index (κ2) is 12.4. The van der Waals surface area contributed by atoms with E-state index < -0.39 is 83.8 Å². The molecule has 0 spiro atoms. The number of nitrogens with two attached hydrogens (primary N) is 2. The van der Waals surface area contributed by atoms with Crippen LogP contribution in [0, 0.1) is 0 Å². The molecule has 0 bridgehead atoms. The van der Waals surface area contributed by atoms with Gasteiger partial charge in [-0.25, -0.2) is 23.8 Å². The van der Waals surface area contributed by atoms with Crippen LogP contribution < -0.4 is 20.9 Å². The zero-order valence-electron chi connectivity index (χ0n) is 22.2. The molecule has 5 heterocycles. The van der Waals surface area contributed by atoms with Crippen molar-refractivity contribution in [1.29, 1.82) is 0 Å². The van der Waals surface area contributed by atoms with E-state index in [-0.39, 0.29) is 22.5 Å². The average Bonchev–Trinajstić information content (AvgIpc) is 3.61. The van der Waals surface area contributed by atoms with Gasteiger partial charge in [0.05, 0.1) is 19.5 Å². The van der Waals surface area contributed by atoms with E-state index in [1.54, 1.807) is 0 Å². The summed E-state index contributed by atoms with van der Waals surface area (Å²) in [5.74, 6) is -0.729. The van der Waals surface area contributed by atoms with Crippen LogP contribution in [0.15, 0.2) is 37.2 Å². The Labute approximate surface area is 246 Å². The van der Waals surface area contributed by atoms with Crippen molar-refractivity contribution in [3.8, 4) is 0 Å². The number of nitrogen functional groups attached to an aromatic ring is 1. The molecule has 1 amide bonds. The maximum atomic E-state index is 12.4. The third-order valence-corrected chi connectivity index (χ3v) is 9.30. The monoisotopic (exact) mass is 663 g/mol. The number of hydrogen-bond acceptors (Lipinski definition) is 17. The van der Waals surface area contributed by atoms with Gasteiger partial charge < -0.3 is 55.7 Å². The zero-order chi connectivity index (χ0) is 32.0. The number of phosphoric acid groups is 2. The first-order valence-corrected chi connectivity index (χ1v) is 15.5. The molecule has 2 saturated heterocycles. The molecule has 0 aromatic carbocycles. The van der Waals surface area contributed by atoms with Gasteiger partial charge in [-0.1, -0.05) is 0 Å². The number of ether oxygens (including phenoxy) is 2. The lowest BCUT2D eigenvalue weighted by molar-refractivity contribution is -0.765. The first kappa shape index (κ1) is 32.4. The number of phosphoric ester groups is 2. The molecule has 3 aromatic heterocycles. The van der Waals surface area contributed by atoms with Crippen molar-refractivity contribution in [3.05, 3.63) is 42.7 Å². The van der Waals surface area contributed by atoms with Crippen LogP contribution in [0.5, 0.6) is 0 Å². The Morgan fingerprint density at radius 1 is 1.05 bits per heavy atom. The number of hydrogen-bond donors (Lipinski definition) is 7. The van der Waals surface area contributed by atoms with Crippen molar-refractivity contribution < 1.29 is 71.5 Å². The third kappa shape index (κ3) is 6.65. The SMILES string of the molecule is NC(=O)c1ccc[n+]([C@@H]2O[C@H](COP(=O)([O-])OP(=O)(O)OC[C@@H]3O[C@H](n4cnc5c(N)ncnc54)C(O)C3O)C(O)C2O)c1. The molecular formula is C21H27N7O14P2. The van der Waals surface area contributed by atoms with E-state index in [0.717, 1.165) is 6.33 Å². The Balaban J connectivity index is 1.16. The maximum Gasteiger partial charge on any atom is 0.478 e. The summed E-state index contributed by atoms with van der Waals surface area (Å²) in [4.78, 5) is 45.5. The number of imidazole rings is 1. The van der Waals surface area contributed by atoms with Gasteiger partial charge in [0.15, 0.2) is 36.2 Å². The lowest BCUT2D eigenvalue weighted by Crippen LogP contribution is -2.46. The summed E-state index contributed by atoms with van der Waals surface area (Å²) in [6.45, 7) is -1.89. The quantitative estimate of drug-likeness (QED) is 0.0768. The molecule has 0 radical (unpaired) electrons. The number of carbonyl (C=O) groups is 1. The number of carbonyl (C=O) groups excluding carboxylic acids is 1. The second-order valence-electron chi connectivity index (χ2n) is 9.67. The predicted molar refractivity (Wildman–Crippen MR) is 137 cm³/mol. The highest BCUT2D eigenvalue weighted by Crippen LogP contribution is 2.58. The summed E-state index contributed by atoms with van der Waals surface area (Å²) < 4.78 is 51.5. The number of amides is 1. The highest BCUT2D eigenvalue weighted by Gasteiger charge is 2.49. The lowest BCUT2D eigenvalue weighted by atomic mass is 10.1. The van der Waals surface area contributed by atoms with E-state index in [2.05, 4.69) is 28.3 Å². The fourth-order valence-corrected chi connectivity index (χ4v) is 6.62. The van der Waals surface area contributed by atoms with E-state index in [1.165, 1.54) is 40.0 Å². The first-order valence-electron chi connectivity index (χ1n) is 12.6. The number of fused-ring (bicyclic) bond motifs is 1. The number of pyridine rings is 1. The predicted octanol–water partition coefficient (Wildman–Crippen LogP) is -3.65. The molecule has 2 aliphatic heterocycles. The molecule has 2 aliphatic rings. The topological polar surface area (TPSA) is 321 Å². The van der Waals surface area contributed by atoms with Crippen LogP contribution in [0.25, 0.3) is 11.2 Å². The molecule has 44 heavy (non-hydrogen) atoms. The second-order valence-corrected chi connectivity index (χ2v) is 12.7. The van der Waals surface area contributed by atoms with Crippen molar-refractivity contribution in [1.82, 2.24) is 19.5 Å². The van der Waals surface area contributed by atoms with E-state index in [0.29, 0.717) is 0 Å². The van der Waals surface area contributed by atoms with Gasteiger partial charge in [0, 0.05) is 6.07 Å². The Bertz CT molecular complexity index is 1630. The molecule has 240 valence electrons. The van der Waals surface area contributed by atoms with E-state index in [9.17, 15) is 44.1 Å². The lowest BCUT2D eigenvalue weighted by Gasteiger charge is -2.26. The molecule has 3 aromatic rings. The van der Waals surface area contributed by atoms with Gasteiger partial charge in [0.1, 0.15) is 47.9 Å². The molecule has 10 atom stereocenters. The summed E-state index contributed by atoms with van der Waals surface area (Å²) >= 11 is 0. The fraction of sp³-hybridized carbons (Fsp3) is 0.476. The van der Waals surface area contributed by atoms with Crippen molar-refractivity contribution in [3.63, 3.8) is 0 Å². The zero-order valence-corrected chi connectivity index (χ0v) is 24.0. The summed E-state index contributed by atoms with van der Waals surface area (Å²) in [7, 11) is -11.0. The van der Waals surface area contributed by atoms with E-state index >= 15 is 0 Å². The highest BCUT2D eigenvalue weighted by atomic mass is 31.3. The van der Waals surface area contributed by atoms with Crippen LogP contribution in [0.4, 0.5) is 5.82 Å². The minimum atomic E-state index is -5.62. The highest BCUT2D eigenvalue weighted by molar-refractivity contribution is 7.60. The summed E-state index contributed by atoms with van der Waals surface area (Å²) in [5.41, 5.74) is 11.4. The largest absolute Gasteiger partial charge is 0.756 e. The number of nitrogens with zero attached hydrogens (tertiary/aromatic N) is 5. The number of aliphatic hydroxyl groups excluding tert-OH is 4. The van der Waals surface area contributed by atoms with E-state index in [1.807, 2.05) is 0 Å². The Kier molecular flexibility index (Phi) is 9.13. The smallest absolute Gasteiger partial charge is 0.478 e. The number of aliphatic hydroxyl groups is 4. The number of rotatable bonds is 11. The molecule has 0 aliphatic carbocycles. The normalized spacial score (nSPS) is 31.6. The van der Waals surface area contributed by atoms with Crippen LogP contribution in [-0.4, -0.2) is 101 Å². The summed E-state index contributed by atoms with van der Waals surface area (Å²) in [6.07, 6.45) is -7.05. The molecular weight excluding hydrogens is 636 g/mol.